The van der Waals surface area contributed by atoms with Gasteiger partial charge in [0, 0.05) is 12.1 Å². The van der Waals surface area contributed by atoms with E-state index in [9.17, 15) is 0 Å². The fourth-order valence-electron chi connectivity index (χ4n) is 2.78. The van der Waals surface area contributed by atoms with Gasteiger partial charge in [0.2, 0.25) is 0 Å². The highest BCUT2D eigenvalue weighted by atomic mass is 15.3. The molecular weight excluding hydrogens is 220 g/mol. The summed E-state index contributed by atoms with van der Waals surface area (Å²) in [6, 6.07) is 10.4. The summed E-state index contributed by atoms with van der Waals surface area (Å²) in [4.78, 5) is 0. The maximum atomic E-state index is 4.52. The smallest absolute Gasteiger partial charge is 0.0723 e. The number of rotatable bonds is 1. The van der Waals surface area contributed by atoms with E-state index in [1.807, 2.05) is 6.07 Å². The standard InChI is InChI=1S/C16H18N2/c1-11-8-12(2)14-10-15(17-18-16(14)9-11)13-6-4-3-5-7-13/h3-7,11,18H,2,8-10H2,1H3. The zero-order chi connectivity index (χ0) is 12.5. The lowest BCUT2D eigenvalue weighted by Crippen LogP contribution is -2.25. The molecule has 0 bridgehead atoms. The van der Waals surface area contributed by atoms with Crippen molar-refractivity contribution in [1.29, 1.82) is 0 Å². The molecule has 1 aromatic rings. The van der Waals surface area contributed by atoms with Gasteiger partial charge >= 0.3 is 0 Å². The third-order valence-electron chi connectivity index (χ3n) is 3.72. The van der Waals surface area contributed by atoms with Crippen molar-refractivity contribution in [2.45, 2.75) is 26.2 Å². The largest absolute Gasteiger partial charge is 0.282 e. The molecule has 2 aliphatic rings. The molecule has 2 heteroatoms. The quantitative estimate of drug-likeness (QED) is 0.794. The van der Waals surface area contributed by atoms with Crippen LogP contribution in [0.1, 0.15) is 31.7 Å². The summed E-state index contributed by atoms with van der Waals surface area (Å²) >= 11 is 0. The van der Waals surface area contributed by atoms with Gasteiger partial charge in [-0.3, -0.25) is 5.43 Å². The molecule has 18 heavy (non-hydrogen) atoms. The zero-order valence-electron chi connectivity index (χ0n) is 10.7. The molecule has 1 unspecified atom stereocenters. The second-order valence-electron chi connectivity index (χ2n) is 5.29. The van der Waals surface area contributed by atoms with E-state index < -0.39 is 0 Å². The molecule has 0 amide bonds. The zero-order valence-corrected chi connectivity index (χ0v) is 10.7. The summed E-state index contributed by atoms with van der Waals surface area (Å²) in [6.45, 7) is 6.50. The van der Waals surface area contributed by atoms with Crippen LogP contribution in [-0.2, 0) is 0 Å². The summed E-state index contributed by atoms with van der Waals surface area (Å²) in [6.07, 6.45) is 3.13. The van der Waals surface area contributed by atoms with Crippen LogP contribution in [0, 0.1) is 5.92 Å². The lowest BCUT2D eigenvalue weighted by atomic mass is 9.82. The molecule has 2 nitrogen and oxygen atoms in total. The number of hydrogen-bond donors (Lipinski definition) is 1. The maximum Gasteiger partial charge on any atom is 0.0723 e. The molecule has 1 aromatic carbocycles. The molecule has 1 heterocycles. The SMILES string of the molecule is C=C1CC(C)CC2=C1CC(c1ccccc1)=NN2. The summed E-state index contributed by atoms with van der Waals surface area (Å²) < 4.78 is 0. The number of nitrogens with zero attached hydrogens (tertiary/aromatic N) is 1. The molecule has 0 fully saturated rings. The van der Waals surface area contributed by atoms with E-state index >= 15 is 0 Å². The molecule has 1 atom stereocenters. The Morgan fingerprint density at radius 2 is 2.00 bits per heavy atom. The van der Waals surface area contributed by atoms with Crippen LogP contribution in [0.5, 0.6) is 0 Å². The summed E-state index contributed by atoms with van der Waals surface area (Å²) in [5, 5.41) is 4.52. The van der Waals surface area contributed by atoms with E-state index in [0.29, 0.717) is 5.92 Å². The first-order chi connectivity index (χ1) is 8.74. The molecule has 92 valence electrons. The first kappa shape index (κ1) is 11.3. The Morgan fingerprint density at radius 1 is 1.22 bits per heavy atom. The fraction of sp³-hybridized carbons (Fsp3) is 0.312. The highest BCUT2D eigenvalue weighted by Crippen LogP contribution is 2.35. The average Bonchev–Trinajstić information content (AvgIpc) is 2.39. The maximum absolute atomic E-state index is 4.52. The monoisotopic (exact) mass is 238 g/mol. The second-order valence-corrected chi connectivity index (χ2v) is 5.29. The van der Waals surface area contributed by atoms with Gasteiger partial charge in [0.15, 0.2) is 0 Å². The van der Waals surface area contributed by atoms with Crippen molar-refractivity contribution in [1.82, 2.24) is 5.43 Å². The fourth-order valence-corrected chi connectivity index (χ4v) is 2.78. The highest BCUT2D eigenvalue weighted by molar-refractivity contribution is 6.02. The highest BCUT2D eigenvalue weighted by Gasteiger charge is 2.25. The van der Waals surface area contributed by atoms with E-state index in [0.717, 1.165) is 25.0 Å². The number of hydrazone groups is 1. The molecule has 0 saturated heterocycles. The van der Waals surface area contributed by atoms with E-state index in [1.54, 1.807) is 0 Å². The van der Waals surface area contributed by atoms with E-state index in [2.05, 4.69) is 48.3 Å². The molecular formula is C16H18N2. The first-order valence-electron chi connectivity index (χ1n) is 6.52. The van der Waals surface area contributed by atoms with Gasteiger partial charge in [0.25, 0.3) is 0 Å². The Kier molecular flexibility index (Phi) is 2.78. The van der Waals surface area contributed by atoms with Crippen LogP contribution in [0.15, 0.2) is 58.9 Å². The molecule has 0 aromatic heterocycles. The van der Waals surface area contributed by atoms with Gasteiger partial charge in [0.1, 0.15) is 0 Å². The number of nitrogens with one attached hydrogen (secondary N) is 1. The average molecular weight is 238 g/mol. The van der Waals surface area contributed by atoms with E-state index in [1.165, 1.54) is 22.4 Å². The topological polar surface area (TPSA) is 24.4 Å². The van der Waals surface area contributed by atoms with Crippen molar-refractivity contribution in [3.8, 4) is 0 Å². The van der Waals surface area contributed by atoms with Crippen molar-refractivity contribution in [3.05, 3.63) is 59.3 Å². The Bertz CT molecular complexity index is 537. The van der Waals surface area contributed by atoms with Crippen LogP contribution < -0.4 is 5.43 Å². The predicted molar refractivity (Wildman–Crippen MR) is 75.3 cm³/mol. The minimum atomic E-state index is 0.678. The number of hydrogen-bond acceptors (Lipinski definition) is 2. The Balaban J connectivity index is 1.87. The molecule has 1 N–H and O–H groups in total. The van der Waals surface area contributed by atoms with E-state index in [4.69, 9.17) is 0 Å². The van der Waals surface area contributed by atoms with E-state index in [-0.39, 0.29) is 0 Å². The van der Waals surface area contributed by atoms with Crippen molar-refractivity contribution in [2.24, 2.45) is 11.0 Å². The van der Waals surface area contributed by atoms with Crippen molar-refractivity contribution < 1.29 is 0 Å². The third kappa shape index (κ3) is 1.99. The van der Waals surface area contributed by atoms with Gasteiger partial charge in [-0.1, -0.05) is 43.8 Å². The number of benzene rings is 1. The van der Waals surface area contributed by atoms with Gasteiger partial charge in [-0.25, -0.2) is 0 Å². The lowest BCUT2D eigenvalue weighted by molar-refractivity contribution is 0.520. The Morgan fingerprint density at radius 3 is 2.78 bits per heavy atom. The third-order valence-corrected chi connectivity index (χ3v) is 3.72. The van der Waals surface area contributed by atoms with Gasteiger partial charge in [-0.2, -0.15) is 5.10 Å². The lowest BCUT2D eigenvalue weighted by Gasteiger charge is -2.30. The first-order valence-corrected chi connectivity index (χ1v) is 6.52. The minimum Gasteiger partial charge on any atom is -0.282 e. The molecule has 0 radical (unpaired) electrons. The summed E-state index contributed by atoms with van der Waals surface area (Å²) in [7, 11) is 0. The van der Waals surface area contributed by atoms with Crippen molar-refractivity contribution >= 4 is 5.71 Å². The van der Waals surface area contributed by atoms with Crippen LogP contribution in [0.25, 0.3) is 0 Å². The van der Waals surface area contributed by atoms with Crippen LogP contribution in [-0.4, -0.2) is 5.71 Å². The Hall–Kier alpha value is -1.83. The van der Waals surface area contributed by atoms with Crippen LogP contribution in [0.3, 0.4) is 0 Å². The summed E-state index contributed by atoms with van der Waals surface area (Å²) in [5.41, 5.74) is 9.48. The molecule has 0 saturated carbocycles. The van der Waals surface area contributed by atoms with Crippen molar-refractivity contribution in [2.75, 3.05) is 0 Å². The minimum absolute atomic E-state index is 0.678. The van der Waals surface area contributed by atoms with Crippen LogP contribution in [0.4, 0.5) is 0 Å². The molecule has 1 aliphatic heterocycles. The van der Waals surface area contributed by atoms with Crippen LogP contribution in [0.2, 0.25) is 0 Å². The second kappa shape index (κ2) is 4.45. The normalized spacial score (nSPS) is 23.3. The van der Waals surface area contributed by atoms with Gasteiger partial charge in [-0.15, -0.1) is 0 Å². The van der Waals surface area contributed by atoms with Gasteiger partial charge < -0.3 is 0 Å². The van der Waals surface area contributed by atoms with Gasteiger partial charge in [0.05, 0.1) is 5.71 Å². The predicted octanol–water partition coefficient (Wildman–Crippen LogP) is 3.62. The Labute approximate surface area is 108 Å². The van der Waals surface area contributed by atoms with Crippen LogP contribution >= 0.6 is 0 Å². The molecule has 0 spiro atoms. The van der Waals surface area contributed by atoms with Crippen molar-refractivity contribution in [3.63, 3.8) is 0 Å². The van der Waals surface area contributed by atoms with Gasteiger partial charge in [-0.05, 0) is 35.5 Å². The molecule has 1 aliphatic carbocycles. The summed E-state index contributed by atoms with van der Waals surface area (Å²) in [5.74, 6) is 0.678. The molecule has 3 rings (SSSR count). The number of allylic oxidation sites excluding steroid dienone is 3.